The first-order chi connectivity index (χ1) is 23.3. The molecule has 2 aliphatic heterocycles. The van der Waals surface area contributed by atoms with Crippen LogP contribution in [0.2, 0.25) is 0 Å². The fourth-order valence-electron chi connectivity index (χ4n) is 5.80. The topological polar surface area (TPSA) is 111 Å². The fourth-order valence-corrected chi connectivity index (χ4v) is 7.65. The van der Waals surface area contributed by atoms with Crippen LogP contribution >= 0.6 is 23.1 Å². The number of carbonyl (C=O) groups excluding carboxylic acids is 2. The number of carbonyl (C=O) groups is 2. The highest BCUT2D eigenvalue weighted by molar-refractivity contribution is 8.00. The van der Waals surface area contributed by atoms with Gasteiger partial charge in [0.15, 0.2) is 15.8 Å². The summed E-state index contributed by atoms with van der Waals surface area (Å²) in [5.41, 5.74) is 2.25. The summed E-state index contributed by atoms with van der Waals surface area (Å²) in [6.45, 7) is 6.83. The molecule has 2 atom stereocenters. The molecular weight excluding hydrogens is 654 g/mol. The van der Waals surface area contributed by atoms with E-state index in [0.717, 1.165) is 41.9 Å². The van der Waals surface area contributed by atoms with E-state index < -0.39 is 17.7 Å². The molecule has 4 aromatic rings. The van der Waals surface area contributed by atoms with Gasteiger partial charge in [0.25, 0.3) is 5.78 Å². The molecule has 3 heterocycles. The molecule has 1 fully saturated rings. The maximum absolute atomic E-state index is 14.3. The Morgan fingerprint density at radius 3 is 2.69 bits per heavy atom. The number of aliphatic hydroxyl groups is 1. The highest BCUT2D eigenvalue weighted by Crippen LogP contribution is 2.46. The lowest BCUT2D eigenvalue weighted by atomic mass is 9.94. The predicted molar refractivity (Wildman–Crippen MR) is 184 cm³/mol. The third kappa shape index (κ3) is 6.91. The molecule has 1 N–H and O–H groups in total. The fraction of sp³-hybridized carbons (Fsp3) is 0.333. The Morgan fingerprint density at radius 2 is 1.90 bits per heavy atom. The Labute approximate surface area is 286 Å². The van der Waals surface area contributed by atoms with E-state index in [-0.39, 0.29) is 28.4 Å². The number of ketones is 1. The number of halogens is 1. The van der Waals surface area contributed by atoms with Crippen molar-refractivity contribution in [1.82, 2.24) is 10.2 Å². The van der Waals surface area contributed by atoms with Crippen LogP contribution in [0.1, 0.15) is 68.3 Å². The minimum Gasteiger partial charge on any atom is -0.507 e. The quantitative estimate of drug-likeness (QED) is 0.0374. The second-order valence-electron chi connectivity index (χ2n) is 11.5. The number of nitrogens with zero attached hydrogens (tertiary/aromatic N) is 3. The number of benzene rings is 3. The molecule has 48 heavy (non-hydrogen) atoms. The number of unbranched alkanes of at least 4 members (excludes halogenated alkanes) is 2. The van der Waals surface area contributed by atoms with Crippen molar-refractivity contribution in [2.24, 2.45) is 0 Å². The molecule has 3 aromatic carbocycles. The van der Waals surface area contributed by atoms with Crippen LogP contribution in [0.5, 0.6) is 17.2 Å². The van der Waals surface area contributed by atoms with Gasteiger partial charge < -0.3 is 19.3 Å². The van der Waals surface area contributed by atoms with Crippen molar-refractivity contribution < 1.29 is 33.3 Å². The van der Waals surface area contributed by atoms with Crippen molar-refractivity contribution in [3.8, 4) is 17.2 Å². The van der Waals surface area contributed by atoms with Gasteiger partial charge in [-0.05, 0) is 73.4 Å². The number of aliphatic hydroxyl groups excluding tert-OH is 1. The monoisotopic (exact) mass is 689 g/mol. The van der Waals surface area contributed by atoms with Crippen molar-refractivity contribution in [2.75, 3.05) is 18.1 Å². The number of rotatable bonds is 13. The minimum atomic E-state index is -1.04. The van der Waals surface area contributed by atoms with Crippen LogP contribution in [0, 0.1) is 5.82 Å². The number of fused-ring (bicyclic) bond motifs is 1. The van der Waals surface area contributed by atoms with E-state index in [4.69, 9.17) is 14.2 Å². The average Bonchev–Trinajstić information content (AvgIpc) is 3.77. The van der Waals surface area contributed by atoms with Crippen molar-refractivity contribution in [2.45, 2.75) is 68.7 Å². The Morgan fingerprint density at radius 1 is 1.06 bits per heavy atom. The van der Waals surface area contributed by atoms with E-state index in [0.29, 0.717) is 57.9 Å². The van der Waals surface area contributed by atoms with Crippen LogP contribution in [-0.2, 0) is 21.8 Å². The molecule has 0 radical (unpaired) electrons. The summed E-state index contributed by atoms with van der Waals surface area (Å²) in [6, 6.07) is 15.9. The van der Waals surface area contributed by atoms with Gasteiger partial charge in [-0.2, -0.15) is 0 Å². The maximum Gasteiger partial charge on any atom is 0.301 e. The van der Waals surface area contributed by atoms with E-state index >= 15 is 0 Å². The van der Waals surface area contributed by atoms with Gasteiger partial charge in [0, 0.05) is 17.7 Å². The van der Waals surface area contributed by atoms with Gasteiger partial charge in [0.05, 0.1) is 24.8 Å². The number of hydrogen-bond acceptors (Lipinski definition) is 10. The third-order valence-electron chi connectivity index (χ3n) is 8.11. The summed E-state index contributed by atoms with van der Waals surface area (Å²) in [4.78, 5) is 28.9. The van der Waals surface area contributed by atoms with E-state index in [1.165, 1.54) is 22.7 Å². The number of hydrogen-bond donors (Lipinski definition) is 1. The van der Waals surface area contributed by atoms with Gasteiger partial charge in [-0.1, -0.05) is 67.1 Å². The number of thioether (sulfide) groups is 1. The van der Waals surface area contributed by atoms with Crippen molar-refractivity contribution >= 4 is 45.7 Å². The number of Topliss-reactive ketones (excluding diaryl/α,β-unsaturated/α-hetero) is 1. The van der Waals surface area contributed by atoms with Crippen molar-refractivity contribution in [3.63, 3.8) is 0 Å². The lowest BCUT2D eigenvalue weighted by Crippen LogP contribution is -2.29. The molecular formula is C36H36FN3O6S2. The smallest absolute Gasteiger partial charge is 0.301 e. The zero-order valence-corrected chi connectivity index (χ0v) is 28.5. The zero-order chi connectivity index (χ0) is 33.8. The van der Waals surface area contributed by atoms with Gasteiger partial charge in [-0.3, -0.25) is 14.5 Å². The van der Waals surface area contributed by atoms with Crippen LogP contribution in [0.4, 0.5) is 9.52 Å². The number of aromatic nitrogens is 2. The predicted octanol–water partition coefficient (Wildman–Crippen LogP) is 7.89. The lowest BCUT2D eigenvalue weighted by Gasteiger charge is -2.23. The van der Waals surface area contributed by atoms with E-state index in [9.17, 15) is 19.1 Å². The highest BCUT2D eigenvalue weighted by atomic mass is 32.2. The Hall–Kier alpha value is -4.42. The van der Waals surface area contributed by atoms with Crippen molar-refractivity contribution in [1.29, 1.82) is 0 Å². The van der Waals surface area contributed by atoms with Crippen molar-refractivity contribution in [3.05, 3.63) is 94.3 Å². The highest BCUT2D eigenvalue weighted by Gasteiger charge is 2.48. The molecule has 0 bridgehead atoms. The molecule has 12 heteroatoms. The normalized spacial score (nSPS) is 18.2. The molecule has 0 spiro atoms. The van der Waals surface area contributed by atoms with Crippen LogP contribution in [0.3, 0.4) is 0 Å². The first-order valence-electron chi connectivity index (χ1n) is 16.0. The van der Waals surface area contributed by atoms with Gasteiger partial charge in [-0.15, -0.1) is 10.2 Å². The van der Waals surface area contributed by atoms with Crippen LogP contribution in [0.15, 0.2) is 70.6 Å². The summed E-state index contributed by atoms with van der Waals surface area (Å²) in [5.74, 6) is -0.294. The van der Waals surface area contributed by atoms with Crippen LogP contribution in [0.25, 0.3) is 5.76 Å². The first-order valence-corrected chi connectivity index (χ1v) is 17.8. The molecule has 0 unspecified atom stereocenters. The molecule has 1 amide bonds. The number of anilines is 1. The van der Waals surface area contributed by atoms with Gasteiger partial charge in [0.2, 0.25) is 5.13 Å². The molecule has 1 saturated heterocycles. The van der Waals surface area contributed by atoms with E-state index in [1.54, 1.807) is 54.6 Å². The second-order valence-corrected chi connectivity index (χ2v) is 13.7. The largest absolute Gasteiger partial charge is 0.507 e. The third-order valence-corrected chi connectivity index (χ3v) is 10.2. The summed E-state index contributed by atoms with van der Waals surface area (Å²) in [7, 11) is 0. The van der Waals surface area contributed by atoms with Gasteiger partial charge >= 0.3 is 5.91 Å². The van der Waals surface area contributed by atoms with Crippen LogP contribution in [-0.4, -0.2) is 46.3 Å². The second kappa shape index (κ2) is 14.8. The summed E-state index contributed by atoms with van der Waals surface area (Å²) >= 11 is 2.39. The molecule has 2 aliphatic rings. The summed E-state index contributed by atoms with van der Waals surface area (Å²) in [6.07, 6.45) is 3.63. The summed E-state index contributed by atoms with van der Waals surface area (Å²) in [5, 5.41) is 20.4. The SMILES string of the molecule is CCCCCOc1ccc([C@H]2/C(=C(\O)c3ccc4c(c3)C[C@H](C)O4)C(=O)C(=O)N2c2nnc(SCc3ccccc3F)s2)cc1OCC. The molecule has 9 nitrogen and oxygen atoms in total. The van der Waals surface area contributed by atoms with Gasteiger partial charge in [-0.25, -0.2) is 4.39 Å². The lowest BCUT2D eigenvalue weighted by molar-refractivity contribution is -0.132. The number of ether oxygens (including phenoxy) is 3. The Kier molecular flexibility index (Phi) is 10.3. The summed E-state index contributed by atoms with van der Waals surface area (Å²) < 4.78 is 32.6. The first kappa shape index (κ1) is 33.5. The van der Waals surface area contributed by atoms with E-state index in [2.05, 4.69) is 17.1 Å². The average molecular weight is 690 g/mol. The van der Waals surface area contributed by atoms with Gasteiger partial charge in [0.1, 0.15) is 23.4 Å². The Bertz CT molecular complexity index is 1860. The standard InChI is InChI=1S/C36H36FN3O6S2/c1-4-6-9-16-45-28-15-12-22(19-29(28)44-5-2)31-30(32(41)23-13-14-27-25(18-23)17-21(3)46-27)33(42)34(43)40(31)35-38-39-36(48-35)47-20-24-10-7-8-11-26(24)37/h7-8,10-15,18-19,21,31,41H,4-6,9,16-17,20H2,1-3H3/b32-30+/t21-,31-/m0/s1. The van der Waals surface area contributed by atoms with E-state index in [1.807, 2.05) is 13.8 Å². The molecule has 0 aliphatic carbocycles. The molecule has 1 aromatic heterocycles. The molecule has 0 saturated carbocycles. The molecule has 6 rings (SSSR count). The zero-order valence-electron chi connectivity index (χ0n) is 26.9. The maximum atomic E-state index is 14.3. The Balaban J connectivity index is 1.40. The number of amides is 1. The molecule has 250 valence electrons. The van der Waals surface area contributed by atoms with Crippen LogP contribution < -0.4 is 19.1 Å². The minimum absolute atomic E-state index is 0.00878.